The van der Waals surface area contributed by atoms with Crippen LogP contribution in [0.5, 0.6) is 0 Å². The van der Waals surface area contributed by atoms with Crippen molar-refractivity contribution in [1.82, 2.24) is 21.3 Å². The van der Waals surface area contributed by atoms with Crippen LogP contribution in [0.2, 0.25) is 0 Å². The summed E-state index contributed by atoms with van der Waals surface area (Å²) in [6, 6.07) is 4.44. The van der Waals surface area contributed by atoms with E-state index in [9.17, 15) is 33.7 Å². The molecule has 14 heteroatoms. The van der Waals surface area contributed by atoms with E-state index in [1.54, 1.807) is 52.0 Å². The number of hydrogen-bond acceptors (Lipinski definition) is 9. The second-order valence-corrected chi connectivity index (χ2v) is 14.0. The lowest BCUT2D eigenvalue weighted by atomic mass is 10.0. The van der Waals surface area contributed by atoms with Crippen LogP contribution < -0.4 is 21.3 Å². The summed E-state index contributed by atoms with van der Waals surface area (Å²) in [5.41, 5.74) is 1.26. The Hall–Kier alpha value is -3.41. The molecule has 6 N–H and O–H groups in total. The fraction of sp³-hybridized carbons (Fsp3) is 0.600. The highest BCUT2D eigenvalue weighted by atomic mass is 31.2. The second-order valence-electron chi connectivity index (χ2n) is 12.1. The third-order valence-corrected chi connectivity index (χ3v) is 8.49. The van der Waals surface area contributed by atoms with Gasteiger partial charge in [0.1, 0.15) is 17.9 Å². The maximum Gasteiger partial charge on any atom is 0.351 e. The highest BCUT2D eigenvalue weighted by Crippen LogP contribution is 2.50. The molecule has 1 heterocycles. The Balaban J connectivity index is 2.51. The zero-order chi connectivity index (χ0) is 33.2. The minimum absolute atomic E-state index is 0.00889. The van der Waals surface area contributed by atoms with Crippen molar-refractivity contribution in [1.29, 1.82) is 0 Å². The normalized spacial score (nSPS) is 24.5. The molecule has 1 aromatic rings. The molecule has 0 saturated heterocycles. The van der Waals surface area contributed by atoms with E-state index in [4.69, 9.17) is 9.26 Å². The van der Waals surface area contributed by atoms with Gasteiger partial charge in [-0.1, -0.05) is 65.8 Å². The molecule has 1 aliphatic heterocycles. The third kappa shape index (κ3) is 11.6. The van der Waals surface area contributed by atoms with Gasteiger partial charge in [0.2, 0.25) is 17.7 Å². The van der Waals surface area contributed by atoms with E-state index in [1.807, 2.05) is 13.8 Å². The Morgan fingerprint density at radius 2 is 1.80 bits per heavy atom. The lowest BCUT2D eigenvalue weighted by Gasteiger charge is -2.30. The van der Waals surface area contributed by atoms with Crippen LogP contribution in [0, 0.1) is 17.8 Å². The Morgan fingerprint density at radius 1 is 1.14 bits per heavy atom. The molecule has 0 saturated carbocycles. The first-order valence-electron chi connectivity index (χ1n) is 14.7. The van der Waals surface area contributed by atoms with E-state index >= 15 is 0 Å². The Bertz CT molecular complexity index is 1250. The smallest absolute Gasteiger partial charge is 0.351 e. The molecule has 5 atom stereocenters. The average molecular weight is 639 g/mol. The molecule has 44 heavy (non-hydrogen) atoms. The number of fused-ring (bicyclic) bond motifs is 2. The van der Waals surface area contributed by atoms with Crippen LogP contribution in [0.15, 0.2) is 36.2 Å². The molecule has 0 aliphatic carbocycles. The Kier molecular flexibility index (Phi) is 13.9. The van der Waals surface area contributed by atoms with Gasteiger partial charge >= 0.3 is 13.6 Å². The highest BCUT2D eigenvalue weighted by molar-refractivity contribution is 7.53. The van der Waals surface area contributed by atoms with Gasteiger partial charge in [-0.05, 0) is 41.4 Å². The standard InChI is InChI=1S/C30H47N4O9P/c1-17(2)11-25(36)33-27(19(5)6)29(38)32-22-15-24(35)31-16-21-10-8-9-20(13-21)14-23(30(39)42-7)43-44(40,41)26(12-18(3)4)34-28(22)37/h8-11,13,17-19,22-23,26-27,33,36H,12,14-16H2,1-7H3,(H,31,35)(H,32,38)(H,34,37)(H,40,41)/b25-11-/t22-,23-,26+,27-/m0/s1. The maximum atomic E-state index is 13.7. The first-order valence-corrected chi connectivity index (χ1v) is 16.4. The third-order valence-electron chi connectivity index (χ3n) is 6.81. The number of allylic oxidation sites excluding steroid dienone is 1. The van der Waals surface area contributed by atoms with Gasteiger partial charge < -0.3 is 36.0 Å². The molecular formula is C30H47N4O9P. The quantitative estimate of drug-likeness (QED) is 0.133. The zero-order valence-electron chi connectivity index (χ0n) is 26.5. The molecule has 2 rings (SSSR count). The van der Waals surface area contributed by atoms with Crippen molar-refractivity contribution >= 4 is 31.3 Å². The predicted octanol–water partition coefficient (Wildman–Crippen LogP) is 2.64. The van der Waals surface area contributed by atoms with Crippen LogP contribution in [-0.4, -0.2) is 64.8 Å². The van der Waals surface area contributed by atoms with Gasteiger partial charge in [0.25, 0.3) is 0 Å². The summed E-state index contributed by atoms with van der Waals surface area (Å²) in [5.74, 6) is -5.22. The number of benzene rings is 1. The first-order chi connectivity index (χ1) is 20.5. The van der Waals surface area contributed by atoms with Gasteiger partial charge in [0, 0.05) is 13.0 Å². The summed E-state index contributed by atoms with van der Waals surface area (Å²) in [6.07, 6.45) is -0.524. The van der Waals surface area contributed by atoms with Gasteiger partial charge in [0.15, 0.2) is 12.0 Å². The van der Waals surface area contributed by atoms with Crippen LogP contribution in [0.1, 0.15) is 65.5 Å². The summed E-state index contributed by atoms with van der Waals surface area (Å²) in [4.78, 5) is 63.8. The van der Waals surface area contributed by atoms with Crippen LogP contribution in [-0.2, 0) is 46.0 Å². The summed E-state index contributed by atoms with van der Waals surface area (Å²) >= 11 is 0. The van der Waals surface area contributed by atoms with E-state index in [0.717, 1.165) is 7.11 Å². The van der Waals surface area contributed by atoms with Gasteiger partial charge in [0.05, 0.1) is 13.5 Å². The van der Waals surface area contributed by atoms with E-state index in [2.05, 4.69) is 21.3 Å². The van der Waals surface area contributed by atoms with Crippen molar-refractivity contribution in [3.8, 4) is 0 Å². The van der Waals surface area contributed by atoms with Crippen LogP contribution in [0.25, 0.3) is 0 Å². The molecule has 1 aliphatic rings. The van der Waals surface area contributed by atoms with Gasteiger partial charge in [-0.2, -0.15) is 0 Å². The van der Waals surface area contributed by atoms with Gasteiger partial charge in [-0.15, -0.1) is 0 Å². The van der Waals surface area contributed by atoms with Crippen LogP contribution in [0.3, 0.4) is 0 Å². The van der Waals surface area contributed by atoms with Crippen molar-refractivity contribution in [2.75, 3.05) is 7.11 Å². The van der Waals surface area contributed by atoms with Crippen LogP contribution in [0.4, 0.5) is 0 Å². The SMILES string of the molecule is COC(=O)[C@@H]1Cc2cccc(c2)CNC(=O)C[C@H](NC(=O)[C@@H](N/C(O)=C/C(C)C)C(C)C)C(=O)N[C@@H](CC(C)C)P(=O)(O)O1. The van der Waals surface area contributed by atoms with Crippen molar-refractivity contribution in [3.63, 3.8) is 0 Å². The fourth-order valence-electron chi connectivity index (χ4n) is 4.60. The highest BCUT2D eigenvalue weighted by Gasteiger charge is 2.41. The molecule has 0 aromatic heterocycles. The summed E-state index contributed by atoms with van der Waals surface area (Å²) < 4.78 is 24.0. The van der Waals surface area contributed by atoms with Gasteiger partial charge in [-0.25, -0.2) is 4.79 Å². The second kappa shape index (κ2) is 16.6. The number of nitrogens with one attached hydrogen (secondary N) is 4. The largest absolute Gasteiger partial charge is 0.495 e. The summed E-state index contributed by atoms with van der Waals surface area (Å²) in [6.45, 7) is 10.8. The van der Waals surface area contributed by atoms with Crippen LogP contribution >= 0.6 is 7.60 Å². The number of esters is 1. The van der Waals surface area contributed by atoms with Crippen molar-refractivity contribution < 1.29 is 43.0 Å². The fourth-order valence-corrected chi connectivity index (χ4v) is 6.25. The van der Waals surface area contributed by atoms with Crippen molar-refractivity contribution in [2.45, 2.75) is 91.3 Å². The molecule has 0 fully saturated rings. The number of carbonyl (C=O) groups excluding carboxylic acids is 4. The van der Waals surface area contributed by atoms with E-state index in [1.165, 1.54) is 6.08 Å². The van der Waals surface area contributed by atoms with Crippen molar-refractivity contribution in [2.24, 2.45) is 17.8 Å². The lowest BCUT2D eigenvalue weighted by Crippen LogP contribution is -2.56. The molecule has 13 nitrogen and oxygen atoms in total. The number of aliphatic hydroxyl groups is 1. The zero-order valence-corrected chi connectivity index (χ0v) is 27.4. The topological polar surface area (TPSA) is 192 Å². The Labute approximate surface area is 259 Å². The molecule has 246 valence electrons. The lowest BCUT2D eigenvalue weighted by molar-refractivity contribution is -0.149. The number of amides is 3. The number of methoxy groups -OCH3 is 1. The number of ether oxygens (including phenoxy) is 1. The number of rotatable bonds is 9. The maximum absolute atomic E-state index is 13.7. The average Bonchev–Trinajstić information content (AvgIpc) is 2.92. The Morgan fingerprint density at radius 3 is 2.39 bits per heavy atom. The minimum Gasteiger partial charge on any atom is -0.495 e. The molecule has 2 bridgehead atoms. The molecule has 1 aromatic carbocycles. The first kappa shape index (κ1) is 36.8. The monoisotopic (exact) mass is 638 g/mol. The minimum atomic E-state index is -4.74. The van der Waals surface area contributed by atoms with Gasteiger partial charge in [-0.3, -0.25) is 23.5 Å². The number of aliphatic hydroxyl groups excluding tert-OH is 1. The molecule has 0 spiro atoms. The molecule has 1 unspecified atom stereocenters. The van der Waals surface area contributed by atoms with E-state index < -0.39 is 61.7 Å². The van der Waals surface area contributed by atoms with E-state index in [-0.39, 0.29) is 43.0 Å². The number of carbonyl (C=O) groups is 4. The predicted molar refractivity (Wildman–Crippen MR) is 164 cm³/mol. The summed E-state index contributed by atoms with van der Waals surface area (Å²) in [5, 5.41) is 20.9. The summed E-state index contributed by atoms with van der Waals surface area (Å²) in [7, 11) is -3.61. The van der Waals surface area contributed by atoms with Crippen molar-refractivity contribution in [3.05, 3.63) is 47.4 Å². The molecule has 3 amide bonds. The number of hydrogen-bond donors (Lipinski definition) is 6. The molecule has 0 radical (unpaired) electrons. The molecular weight excluding hydrogens is 591 g/mol. The van der Waals surface area contributed by atoms with E-state index in [0.29, 0.717) is 11.1 Å².